The molecular formula is C33H32FN3O5S. The van der Waals surface area contributed by atoms with Crippen molar-refractivity contribution in [1.29, 1.82) is 0 Å². The molecule has 0 amide bonds. The van der Waals surface area contributed by atoms with E-state index in [1.807, 2.05) is 43.3 Å². The summed E-state index contributed by atoms with van der Waals surface area (Å²) in [5.74, 6) is -0.0783. The minimum absolute atomic E-state index is 0.0276. The maximum Gasteiger partial charge on any atom is 0.338 e. The van der Waals surface area contributed by atoms with Gasteiger partial charge in [-0.15, -0.1) is 0 Å². The van der Waals surface area contributed by atoms with Crippen LogP contribution >= 0.6 is 11.3 Å². The van der Waals surface area contributed by atoms with Gasteiger partial charge >= 0.3 is 5.97 Å². The molecule has 1 atom stereocenters. The number of nitrogens with zero attached hydrogens (tertiary/aromatic N) is 3. The number of thiazole rings is 1. The number of benzene rings is 3. The Morgan fingerprint density at radius 3 is 2.51 bits per heavy atom. The van der Waals surface area contributed by atoms with Gasteiger partial charge in [0.2, 0.25) is 0 Å². The fraction of sp³-hybridized carbons (Fsp3) is 0.242. The second-order valence-electron chi connectivity index (χ2n) is 10.0. The summed E-state index contributed by atoms with van der Waals surface area (Å²) in [4.78, 5) is 34.4. The highest BCUT2D eigenvalue weighted by molar-refractivity contribution is 7.07. The van der Waals surface area contributed by atoms with Crippen molar-refractivity contribution in [3.05, 3.63) is 120 Å². The van der Waals surface area contributed by atoms with Crippen molar-refractivity contribution in [1.82, 2.24) is 4.57 Å². The first-order valence-corrected chi connectivity index (χ1v) is 14.5. The molecule has 0 saturated carbocycles. The van der Waals surface area contributed by atoms with Gasteiger partial charge in [-0.05, 0) is 49.8 Å². The van der Waals surface area contributed by atoms with E-state index >= 15 is 0 Å². The molecule has 0 N–H and O–H groups in total. The molecule has 0 aliphatic carbocycles. The van der Waals surface area contributed by atoms with E-state index in [2.05, 4.69) is 4.99 Å². The van der Waals surface area contributed by atoms with Crippen molar-refractivity contribution in [3.63, 3.8) is 0 Å². The first-order chi connectivity index (χ1) is 20.7. The Kier molecular flexibility index (Phi) is 8.77. The summed E-state index contributed by atoms with van der Waals surface area (Å²) in [6.45, 7) is 3.66. The van der Waals surface area contributed by atoms with Gasteiger partial charge < -0.3 is 19.1 Å². The smallest absolute Gasteiger partial charge is 0.338 e. The van der Waals surface area contributed by atoms with Crippen LogP contribution in [0.25, 0.3) is 6.08 Å². The number of allylic oxidation sites excluding steroid dienone is 1. The number of carbonyl (C=O) groups is 1. The maximum atomic E-state index is 14.3. The largest absolute Gasteiger partial charge is 0.493 e. The number of rotatable bonds is 9. The van der Waals surface area contributed by atoms with Gasteiger partial charge in [0.25, 0.3) is 5.56 Å². The molecule has 43 heavy (non-hydrogen) atoms. The Labute approximate surface area is 252 Å². The van der Waals surface area contributed by atoms with Crippen molar-refractivity contribution < 1.29 is 23.4 Å². The molecule has 5 rings (SSSR count). The molecule has 2 heterocycles. The number of hydrogen-bond acceptors (Lipinski definition) is 8. The van der Waals surface area contributed by atoms with E-state index < -0.39 is 12.0 Å². The van der Waals surface area contributed by atoms with Crippen molar-refractivity contribution in [2.24, 2.45) is 4.99 Å². The highest BCUT2D eigenvalue weighted by atomic mass is 32.1. The highest BCUT2D eigenvalue weighted by Crippen LogP contribution is 2.34. The Balaban J connectivity index is 1.64. The molecule has 0 unspecified atom stereocenters. The van der Waals surface area contributed by atoms with Crippen molar-refractivity contribution in [3.8, 4) is 11.5 Å². The highest BCUT2D eigenvalue weighted by Gasteiger charge is 2.33. The van der Waals surface area contributed by atoms with Gasteiger partial charge in [-0.1, -0.05) is 53.8 Å². The summed E-state index contributed by atoms with van der Waals surface area (Å²) in [6.07, 6.45) is 1.71. The van der Waals surface area contributed by atoms with Crippen LogP contribution in [-0.4, -0.2) is 38.3 Å². The molecule has 4 aromatic rings. The van der Waals surface area contributed by atoms with Crippen LogP contribution in [0.1, 0.15) is 36.6 Å². The van der Waals surface area contributed by atoms with Crippen LogP contribution in [-0.2, 0) is 16.1 Å². The summed E-state index contributed by atoms with van der Waals surface area (Å²) in [7, 11) is 5.41. The number of aromatic nitrogens is 1. The Morgan fingerprint density at radius 1 is 1.09 bits per heavy atom. The third-order valence-electron chi connectivity index (χ3n) is 7.09. The minimum Gasteiger partial charge on any atom is -0.493 e. The topological polar surface area (TPSA) is 82.4 Å². The summed E-state index contributed by atoms with van der Waals surface area (Å²) in [6, 6.07) is 18.7. The van der Waals surface area contributed by atoms with Gasteiger partial charge in [0.05, 0.1) is 35.6 Å². The molecule has 1 aliphatic rings. The molecular weight excluding hydrogens is 569 g/mol. The van der Waals surface area contributed by atoms with Crippen molar-refractivity contribution >= 4 is 29.1 Å². The summed E-state index contributed by atoms with van der Waals surface area (Å²) in [5, 5.41) is 0. The maximum absolute atomic E-state index is 14.3. The number of ether oxygens (including phenoxy) is 3. The molecule has 3 aromatic carbocycles. The SMILES string of the molecule is CCOC(=O)C1=C(C)N=c2s/c(=C\c3cccc(OC)c3OCc3ccccc3F)c(=O)n2[C@@H]1c1ccc(N(C)C)cc1. The predicted molar refractivity (Wildman–Crippen MR) is 165 cm³/mol. The van der Waals surface area contributed by atoms with Crippen LogP contribution < -0.4 is 29.3 Å². The summed E-state index contributed by atoms with van der Waals surface area (Å²) >= 11 is 1.21. The monoisotopic (exact) mass is 601 g/mol. The van der Waals surface area contributed by atoms with Gasteiger partial charge in [0.1, 0.15) is 12.4 Å². The van der Waals surface area contributed by atoms with Gasteiger partial charge in [-0.25, -0.2) is 14.2 Å². The molecule has 8 nitrogen and oxygen atoms in total. The standard InChI is InChI=1S/C33H32FN3O5S/c1-6-41-32(39)28-20(2)35-33-37(29(28)21-14-16-24(17-15-21)36(3)4)31(38)27(43-33)18-22-11-9-13-26(40-5)30(22)42-19-23-10-7-8-12-25(23)34/h7-18,29H,6,19H2,1-5H3/b27-18-/t29-/m1/s1. The molecule has 0 radical (unpaired) electrons. The predicted octanol–water partition coefficient (Wildman–Crippen LogP) is 4.59. The van der Waals surface area contributed by atoms with E-state index in [9.17, 15) is 14.0 Å². The number of esters is 1. The lowest BCUT2D eigenvalue weighted by molar-refractivity contribution is -0.139. The van der Waals surface area contributed by atoms with Crippen LogP contribution in [0.2, 0.25) is 0 Å². The van der Waals surface area contributed by atoms with Crippen LogP contribution in [0.4, 0.5) is 10.1 Å². The quantitative estimate of drug-likeness (QED) is 0.261. The lowest BCUT2D eigenvalue weighted by atomic mass is 9.95. The molecule has 10 heteroatoms. The van der Waals surface area contributed by atoms with Gasteiger partial charge in [-0.3, -0.25) is 9.36 Å². The number of anilines is 1. The molecule has 1 aromatic heterocycles. The minimum atomic E-state index is -0.726. The third kappa shape index (κ3) is 5.96. The normalized spacial score (nSPS) is 14.7. The van der Waals surface area contributed by atoms with Gasteiger partial charge in [0, 0.05) is 30.9 Å². The Bertz CT molecular complexity index is 1880. The number of fused-ring (bicyclic) bond motifs is 1. The number of methoxy groups -OCH3 is 1. The number of carbonyl (C=O) groups excluding carboxylic acids is 1. The van der Waals surface area contributed by atoms with E-state index in [0.29, 0.717) is 43.2 Å². The molecule has 0 saturated heterocycles. The van der Waals surface area contributed by atoms with E-state index in [-0.39, 0.29) is 24.6 Å². The Hall–Kier alpha value is -4.70. The lowest BCUT2D eigenvalue weighted by Gasteiger charge is -2.25. The molecule has 0 spiro atoms. The lowest BCUT2D eigenvalue weighted by Crippen LogP contribution is -2.40. The molecule has 0 fully saturated rings. The number of halogens is 1. The molecule has 0 bridgehead atoms. The summed E-state index contributed by atoms with van der Waals surface area (Å²) < 4.78 is 33.2. The van der Waals surface area contributed by atoms with Crippen molar-refractivity contribution in [2.45, 2.75) is 26.5 Å². The van der Waals surface area contributed by atoms with E-state index in [1.165, 1.54) is 24.5 Å². The zero-order valence-corrected chi connectivity index (χ0v) is 25.4. The number of para-hydroxylation sites is 1. The fourth-order valence-electron chi connectivity index (χ4n) is 4.93. The average Bonchev–Trinajstić information content (AvgIpc) is 3.30. The van der Waals surface area contributed by atoms with Gasteiger partial charge in [0.15, 0.2) is 16.3 Å². The van der Waals surface area contributed by atoms with Crippen LogP contribution in [0.5, 0.6) is 11.5 Å². The second-order valence-corrected chi connectivity index (χ2v) is 11.1. The van der Waals surface area contributed by atoms with E-state index in [4.69, 9.17) is 14.2 Å². The van der Waals surface area contributed by atoms with Crippen LogP contribution in [0.15, 0.2) is 87.8 Å². The molecule has 1 aliphatic heterocycles. The average molecular weight is 602 g/mol. The van der Waals surface area contributed by atoms with E-state index in [0.717, 1.165) is 11.3 Å². The van der Waals surface area contributed by atoms with Crippen LogP contribution in [0, 0.1) is 5.82 Å². The van der Waals surface area contributed by atoms with E-state index in [1.54, 1.807) is 60.9 Å². The zero-order valence-electron chi connectivity index (χ0n) is 24.6. The summed E-state index contributed by atoms with van der Waals surface area (Å²) in [5.41, 5.74) is 3.19. The van der Waals surface area contributed by atoms with Crippen molar-refractivity contribution in [2.75, 3.05) is 32.7 Å². The second kappa shape index (κ2) is 12.7. The Morgan fingerprint density at radius 2 is 1.84 bits per heavy atom. The molecule has 222 valence electrons. The van der Waals surface area contributed by atoms with Crippen LogP contribution in [0.3, 0.4) is 0 Å². The fourth-order valence-corrected chi connectivity index (χ4v) is 5.97. The zero-order chi connectivity index (χ0) is 30.7. The first kappa shape index (κ1) is 29.8. The van der Waals surface area contributed by atoms with Gasteiger partial charge in [-0.2, -0.15) is 0 Å². The third-order valence-corrected chi connectivity index (χ3v) is 8.07. The first-order valence-electron chi connectivity index (χ1n) is 13.7. The number of hydrogen-bond donors (Lipinski definition) is 0.